The first-order valence-electron chi connectivity index (χ1n) is 8.54. The van der Waals surface area contributed by atoms with Crippen LogP contribution in [0.5, 0.6) is 0 Å². The number of hydrogen-bond donors (Lipinski definition) is 2. The maximum absolute atomic E-state index is 12.4. The lowest BCUT2D eigenvalue weighted by Gasteiger charge is -2.31. The van der Waals surface area contributed by atoms with Crippen molar-refractivity contribution in [2.24, 2.45) is 11.7 Å². The molecular formula is C17H29N3O2S. The summed E-state index contributed by atoms with van der Waals surface area (Å²) in [5, 5.41) is 7.32. The third kappa shape index (κ3) is 5.01. The van der Waals surface area contributed by atoms with Crippen LogP contribution in [0.25, 0.3) is 0 Å². The van der Waals surface area contributed by atoms with Gasteiger partial charge in [-0.2, -0.15) is 11.3 Å². The average molecular weight is 340 g/mol. The normalized spacial score (nSPS) is 18.8. The fraction of sp³-hybridized carbons (Fsp3) is 0.706. The quantitative estimate of drug-likeness (QED) is 0.760. The summed E-state index contributed by atoms with van der Waals surface area (Å²) in [4.78, 5) is 14.8. The molecule has 1 aromatic rings. The molecule has 130 valence electrons. The van der Waals surface area contributed by atoms with E-state index >= 15 is 0 Å². The smallest absolute Gasteiger partial charge is 0.237 e. The Morgan fingerprint density at radius 3 is 2.70 bits per heavy atom. The van der Waals surface area contributed by atoms with Gasteiger partial charge in [-0.3, -0.25) is 9.69 Å². The van der Waals surface area contributed by atoms with Crippen molar-refractivity contribution in [3.8, 4) is 0 Å². The van der Waals surface area contributed by atoms with Gasteiger partial charge < -0.3 is 15.8 Å². The van der Waals surface area contributed by atoms with Crippen LogP contribution >= 0.6 is 11.3 Å². The fourth-order valence-corrected chi connectivity index (χ4v) is 3.90. The number of likely N-dealkylation sites (N-methyl/N-ethyl adjacent to an activating group) is 1. The number of ether oxygens (including phenoxy) is 1. The number of hydrogen-bond acceptors (Lipinski definition) is 5. The highest BCUT2D eigenvalue weighted by Gasteiger charge is 2.27. The first-order valence-corrected chi connectivity index (χ1v) is 9.48. The third-order valence-corrected chi connectivity index (χ3v) is 5.43. The van der Waals surface area contributed by atoms with Gasteiger partial charge >= 0.3 is 0 Å². The third-order valence-electron chi connectivity index (χ3n) is 4.73. The van der Waals surface area contributed by atoms with E-state index < -0.39 is 6.04 Å². The van der Waals surface area contributed by atoms with E-state index in [1.807, 2.05) is 0 Å². The van der Waals surface area contributed by atoms with Gasteiger partial charge in [-0.25, -0.2) is 0 Å². The lowest BCUT2D eigenvalue weighted by atomic mass is 9.92. The van der Waals surface area contributed by atoms with Crippen LogP contribution in [-0.4, -0.2) is 49.7 Å². The summed E-state index contributed by atoms with van der Waals surface area (Å²) in [6.45, 7) is 8.24. The zero-order valence-corrected chi connectivity index (χ0v) is 15.0. The molecule has 6 heteroatoms. The highest BCUT2D eigenvalue weighted by Crippen LogP contribution is 2.23. The number of carbonyl (C=O) groups is 1. The van der Waals surface area contributed by atoms with Gasteiger partial charge in [-0.05, 0) is 54.2 Å². The summed E-state index contributed by atoms with van der Waals surface area (Å²) in [6, 6.07) is 1.92. The molecule has 1 aromatic heterocycles. The van der Waals surface area contributed by atoms with Crippen LogP contribution < -0.4 is 11.1 Å². The molecule has 1 fully saturated rings. The highest BCUT2D eigenvalue weighted by molar-refractivity contribution is 7.07. The summed E-state index contributed by atoms with van der Waals surface area (Å²) in [5.74, 6) is 0.195. The molecule has 2 atom stereocenters. The van der Waals surface area contributed by atoms with E-state index in [0.29, 0.717) is 19.8 Å². The molecule has 23 heavy (non-hydrogen) atoms. The first-order chi connectivity index (χ1) is 11.2. The monoisotopic (exact) mass is 339 g/mol. The molecule has 0 bridgehead atoms. The summed E-state index contributed by atoms with van der Waals surface area (Å²) in [6.07, 6.45) is 1.75. The molecule has 1 amide bonds. The minimum atomic E-state index is -0.432. The standard InChI is InChI=1S/C17H29N3O2S/c1-3-20(4-2)15(14-7-10-23-12-14)11-19-17(21)16(18)13-5-8-22-9-6-13/h7,10,12-13,15-16H,3-6,8-9,11,18H2,1-2H3,(H,19,21). The van der Waals surface area contributed by atoms with Gasteiger partial charge in [0.25, 0.3) is 0 Å². The molecule has 5 nitrogen and oxygen atoms in total. The first kappa shape index (κ1) is 18.4. The van der Waals surface area contributed by atoms with Crippen LogP contribution in [0.1, 0.15) is 38.3 Å². The van der Waals surface area contributed by atoms with Gasteiger partial charge in [-0.15, -0.1) is 0 Å². The Morgan fingerprint density at radius 2 is 2.13 bits per heavy atom. The fourth-order valence-electron chi connectivity index (χ4n) is 3.19. The number of thiophene rings is 1. The predicted octanol–water partition coefficient (Wildman–Crippen LogP) is 2.00. The molecule has 0 radical (unpaired) electrons. The van der Waals surface area contributed by atoms with E-state index in [0.717, 1.165) is 25.9 Å². The largest absolute Gasteiger partial charge is 0.381 e. The van der Waals surface area contributed by atoms with Gasteiger partial charge in [0, 0.05) is 19.8 Å². The Bertz CT molecular complexity index is 456. The second kappa shape index (κ2) is 9.37. The predicted molar refractivity (Wildman–Crippen MR) is 94.5 cm³/mol. The minimum Gasteiger partial charge on any atom is -0.381 e. The Kier molecular flexibility index (Phi) is 7.49. The Balaban J connectivity index is 1.93. The number of nitrogens with two attached hydrogens (primary N) is 1. The topological polar surface area (TPSA) is 67.6 Å². The second-order valence-corrected chi connectivity index (χ2v) is 6.79. The lowest BCUT2D eigenvalue weighted by Crippen LogP contribution is -2.49. The molecule has 3 N–H and O–H groups in total. The number of nitrogens with zero attached hydrogens (tertiary/aromatic N) is 1. The zero-order chi connectivity index (χ0) is 16.7. The molecule has 2 unspecified atom stereocenters. The molecule has 0 aromatic carbocycles. The zero-order valence-electron chi connectivity index (χ0n) is 14.2. The second-order valence-electron chi connectivity index (χ2n) is 6.01. The van der Waals surface area contributed by atoms with Gasteiger partial charge in [0.2, 0.25) is 5.91 Å². The van der Waals surface area contributed by atoms with Gasteiger partial charge in [0.05, 0.1) is 12.1 Å². The van der Waals surface area contributed by atoms with Gasteiger partial charge in [-0.1, -0.05) is 13.8 Å². The van der Waals surface area contributed by atoms with Crippen molar-refractivity contribution in [3.63, 3.8) is 0 Å². The van der Waals surface area contributed by atoms with Crippen LogP contribution in [0.4, 0.5) is 0 Å². The Hall–Kier alpha value is -0.950. The van der Waals surface area contributed by atoms with Crippen molar-refractivity contribution >= 4 is 17.2 Å². The molecule has 1 saturated heterocycles. The summed E-state index contributed by atoms with van der Waals surface area (Å²) >= 11 is 1.69. The van der Waals surface area contributed by atoms with Crippen LogP contribution in [0.15, 0.2) is 16.8 Å². The van der Waals surface area contributed by atoms with Crippen LogP contribution in [0, 0.1) is 5.92 Å². The molecule has 0 saturated carbocycles. The molecule has 0 spiro atoms. The SMILES string of the molecule is CCN(CC)C(CNC(=O)C(N)C1CCOCC1)c1ccsc1. The Labute approximate surface area is 143 Å². The van der Waals surface area contributed by atoms with E-state index in [1.54, 1.807) is 11.3 Å². The van der Waals surface area contributed by atoms with Crippen molar-refractivity contribution in [1.29, 1.82) is 0 Å². The Morgan fingerprint density at radius 1 is 1.43 bits per heavy atom. The van der Waals surface area contributed by atoms with Crippen molar-refractivity contribution < 1.29 is 9.53 Å². The maximum atomic E-state index is 12.4. The molecular weight excluding hydrogens is 310 g/mol. The highest BCUT2D eigenvalue weighted by atomic mass is 32.1. The number of carbonyl (C=O) groups excluding carboxylic acids is 1. The lowest BCUT2D eigenvalue weighted by molar-refractivity contribution is -0.124. The summed E-state index contributed by atoms with van der Waals surface area (Å²) < 4.78 is 5.34. The van der Waals surface area contributed by atoms with Gasteiger partial charge in [0.15, 0.2) is 0 Å². The molecule has 0 aliphatic carbocycles. The average Bonchev–Trinajstić information content (AvgIpc) is 3.12. The molecule has 2 rings (SSSR count). The van der Waals surface area contributed by atoms with Crippen molar-refractivity contribution in [2.45, 2.75) is 38.8 Å². The summed E-state index contributed by atoms with van der Waals surface area (Å²) in [7, 11) is 0. The van der Waals surface area contributed by atoms with Crippen molar-refractivity contribution in [3.05, 3.63) is 22.4 Å². The van der Waals surface area contributed by atoms with E-state index in [1.165, 1.54) is 5.56 Å². The number of nitrogens with one attached hydrogen (secondary N) is 1. The maximum Gasteiger partial charge on any atom is 0.237 e. The summed E-state index contributed by atoms with van der Waals surface area (Å²) in [5.41, 5.74) is 7.42. The van der Waals surface area contributed by atoms with E-state index in [2.05, 4.69) is 40.9 Å². The van der Waals surface area contributed by atoms with Gasteiger partial charge in [0.1, 0.15) is 0 Å². The minimum absolute atomic E-state index is 0.0377. The molecule has 2 heterocycles. The molecule has 1 aliphatic rings. The number of amides is 1. The van der Waals surface area contributed by atoms with E-state index in [9.17, 15) is 4.79 Å². The molecule has 1 aliphatic heterocycles. The van der Waals surface area contributed by atoms with E-state index in [-0.39, 0.29) is 17.9 Å². The van der Waals surface area contributed by atoms with Crippen LogP contribution in [0.2, 0.25) is 0 Å². The van der Waals surface area contributed by atoms with Crippen molar-refractivity contribution in [1.82, 2.24) is 10.2 Å². The van der Waals surface area contributed by atoms with Crippen LogP contribution in [0.3, 0.4) is 0 Å². The van der Waals surface area contributed by atoms with E-state index in [4.69, 9.17) is 10.5 Å². The van der Waals surface area contributed by atoms with Crippen LogP contribution in [-0.2, 0) is 9.53 Å². The van der Waals surface area contributed by atoms with Crippen molar-refractivity contribution in [2.75, 3.05) is 32.8 Å². The number of rotatable bonds is 8.